The van der Waals surface area contributed by atoms with E-state index < -0.39 is 64.4 Å². The number of carbonyl (C=O) groups is 3. The van der Waals surface area contributed by atoms with Crippen molar-refractivity contribution in [2.45, 2.75) is 89.6 Å². The Hall–Kier alpha value is -1.90. The molecule has 5 rings (SSSR count). The van der Waals surface area contributed by atoms with Gasteiger partial charge in [0.15, 0.2) is 29.4 Å². The Labute approximate surface area is 198 Å². The molecule has 3 saturated carbocycles. The van der Waals surface area contributed by atoms with Gasteiger partial charge in [0.1, 0.15) is 0 Å². The van der Waals surface area contributed by atoms with Crippen LogP contribution in [0.15, 0.2) is 23.8 Å². The first-order chi connectivity index (χ1) is 15.7. The number of carbonyl (C=O) groups excluding carboxylic acids is 3. The normalized spacial score (nSPS) is 48.3. The van der Waals surface area contributed by atoms with E-state index in [1.165, 1.54) is 19.1 Å². The van der Waals surface area contributed by atoms with Crippen molar-refractivity contribution in [2.24, 2.45) is 22.7 Å². The number of alkyl halides is 1. The van der Waals surface area contributed by atoms with E-state index in [1.807, 2.05) is 6.92 Å². The lowest BCUT2D eigenvalue weighted by Crippen LogP contribution is -2.70. The number of aliphatic hydroxyl groups is 1. The summed E-state index contributed by atoms with van der Waals surface area (Å²) in [6.45, 7) is 7.86. The highest BCUT2D eigenvalue weighted by Crippen LogP contribution is 2.72. The molecule has 5 aliphatic rings. The molecule has 0 radical (unpaired) electrons. The number of rotatable bonds is 3. The number of esters is 1. The summed E-state index contributed by atoms with van der Waals surface area (Å²) < 4.78 is 34.9. The van der Waals surface area contributed by atoms with Gasteiger partial charge in [0.25, 0.3) is 0 Å². The SMILES string of the molecule is CC(=O)OCC(=O)[C@@]12OC(C)(C)OC1CC1C3CCC4=CC(=O)C=C[C@]4(C)[C@@]3(F)C(O)C[C@@]12C. The summed E-state index contributed by atoms with van der Waals surface area (Å²) >= 11 is 0. The Morgan fingerprint density at radius 2 is 1.94 bits per heavy atom. The second kappa shape index (κ2) is 7.08. The summed E-state index contributed by atoms with van der Waals surface area (Å²) in [5.74, 6) is -3.11. The van der Waals surface area contributed by atoms with E-state index in [4.69, 9.17) is 14.2 Å². The average Bonchev–Trinajstić information content (AvgIpc) is 3.14. The second-order valence-corrected chi connectivity index (χ2v) is 11.5. The molecular formula is C26H33FO7. The number of allylic oxidation sites excluding steroid dienone is 4. The Bertz CT molecular complexity index is 1030. The Kier molecular flexibility index (Phi) is 4.96. The quantitative estimate of drug-likeness (QED) is 0.625. The second-order valence-electron chi connectivity index (χ2n) is 11.5. The third-order valence-corrected chi connectivity index (χ3v) is 9.45. The lowest BCUT2D eigenvalue weighted by molar-refractivity contribution is -0.246. The van der Waals surface area contributed by atoms with Crippen LogP contribution in [0, 0.1) is 22.7 Å². The third kappa shape index (κ3) is 2.76. The van der Waals surface area contributed by atoms with Gasteiger partial charge in [-0.25, -0.2) is 4.39 Å². The van der Waals surface area contributed by atoms with Gasteiger partial charge in [-0.2, -0.15) is 0 Å². The van der Waals surface area contributed by atoms with Gasteiger partial charge in [-0.3, -0.25) is 14.4 Å². The van der Waals surface area contributed by atoms with Gasteiger partial charge in [-0.1, -0.05) is 18.6 Å². The van der Waals surface area contributed by atoms with E-state index in [0.717, 1.165) is 0 Å². The molecule has 4 unspecified atom stereocenters. The van der Waals surface area contributed by atoms with E-state index in [1.54, 1.807) is 26.8 Å². The minimum absolute atomic E-state index is 0.0168. The van der Waals surface area contributed by atoms with Gasteiger partial charge < -0.3 is 19.3 Å². The zero-order valence-electron chi connectivity index (χ0n) is 20.4. The average molecular weight is 477 g/mol. The first-order valence-electron chi connectivity index (χ1n) is 12.1. The molecule has 1 aliphatic heterocycles. The first-order valence-corrected chi connectivity index (χ1v) is 12.1. The van der Waals surface area contributed by atoms with Crippen LogP contribution in [0.25, 0.3) is 0 Å². The number of halogens is 1. The third-order valence-electron chi connectivity index (χ3n) is 9.45. The van der Waals surface area contributed by atoms with Gasteiger partial charge in [0, 0.05) is 23.7 Å². The Morgan fingerprint density at radius 3 is 2.62 bits per heavy atom. The predicted molar refractivity (Wildman–Crippen MR) is 118 cm³/mol. The Balaban J connectivity index is 1.60. The molecule has 0 aromatic carbocycles. The van der Waals surface area contributed by atoms with Crippen LogP contribution in [0.1, 0.15) is 60.3 Å². The van der Waals surface area contributed by atoms with Crippen LogP contribution >= 0.6 is 0 Å². The number of hydrogen-bond acceptors (Lipinski definition) is 7. The standard InChI is InChI=1S/C26H33FO7/c1-14(28)32-13-20(31)26-21(33-22(2,3)34-26)11-18-17-7-6-15-10-16(29)8-9-23(15,4)25(17,27)19(30)12-24(18,26)5/h8-10,17-19,21,30H,6-7,11-13H2,1-5H3/t17?,18?,19?,21?,23-,24-,25-,26+/m0/s1. The fraction of sp³-hybridized carbons (Fsp3) is 0.731. The van der Waals surface area contributed by atoms with Crippen molar-refractivity contribution in [3.63, 3.8) is 0 Å². The van der Waals surface area contributed by atoms with E-state index in [0.29, 0.717) is 24.8 Å². The summed E-state index contributed by atoms with van der Waals surface area (Å²) in [6, 6.07) is 0. The lowest BCUT2D eigenvalue weighted by Gasteiger charge is -2.62. The number of ketones is 2. The number of hydrogen-bond donors (Lipinski definition) is 1. The molecule has 1 N–H and O–H groups in total. The molecule has 1 saturated heterocycles. The van der Waals surface area contributed by atoms with Gasteiger partial charge in [-0.15, -0.1) is 0 Å². The van der Waals surface area contributed by atoms with Gasteiger partial charge in [-0.05, 0) is 64.5 Å². The molecule has 8 heteroatoms. The molecule has 34 heavy (non-hydrogen) atoms. The maximum Gasteiger partial charge on any atom is 0.303 e. The molecule has 7 nitrogen and oxygen atoms in total. The van der Waals surface area contributed by atoms with Crippen molar-refractivity contribution in [1.29, 1.82) is 0 Å². The molecule has 0 amide bonds. The molecule has 4 fully saturated rings. The summed E-state index contributed by atoms with van der Waals surface area (Å²) in [5.41, 5.74) is -4.82. The van der Waals surface area contributed by atoms with Crippen LogP contribution in [0.4, 0.5) is 4.39 Å². The highest BCUT2D eigenvalue weighted by Gasteiger charge is 2.80. The molecule has 186 valence electrons. The molecule has 8 atom stereocenters. The highest BCUT2D eigenvalue weighted by atomic mass is 19.1. The minimum Gasteiger partial charge on any atom is -0.458 e. The van der Waals surface area contributed by atoms with Crippen molar-refractivity contribution in [3.8, 4) is 0 Å². The van der Waals surface area contributed by atoms with E-state index >= 15 is 4.39 Å². The van der Waals surface area contributed by atoms with E-state index in [-0.39, 0.29) is 18.1 Å². The van der Waals surface area contributed by atoms with Crippen LogP contribution in [0.5, 0.6) is 0 Å². The summed E-state index contributed by atoms with van der Waals surface area (Å²) in [7, 11) is 0. The van der Waals surface area contributed by atoms with Crippen molar-refractivity contribution in [1.82, 2.24) is 0 Å². The van der Waals surface area contributed by atoms with Crippen molar-refractivity contribution in [3.05, 3.63) is 23.8 Å². The lowest BCUT2D eigenvalue weighted by atomic mass is 9.44. The Morgan fingerprint density at radius 1 is 1.24 bits per heavy atom. The molecule has 4 aliphatic carbocycles. The van der Waals surface area contributed by atoms with Gasteiger partial charge >= 0.3 is 5.97 Å². The van der Waals surface area contributed by atoms with Crippen molar-refractivity contribution in [2.75, 3.05) is 6.61 Å². The largest absolute Gasteiger partial charge is 0.458 e. The van der Waals surface area contributed by atoms with Crippen LogP contribution in [0.3, 0.4) is 0 Å². The predicted octanol–water partition coefficient (Wildman–Crippen LogP) is 2.99. The van der Waals surface area contributed by atoms with E-state index in [9.17, 15) is 19.5 Å². The highest BCUT2D eigenvalue weighted by molar-refractivity contribution is 6.01. The number of ether oxygens (including phenoxy) is 3. The van der Waals surface area contributed by atoms with E-state index in [2.05, 4.69) is 0 Å². The van der Waals surface area contributed by atoms with Crippen molar-refractivity contribution < 1.29 is 38.1 Å². The maximum absolute atomic E-state index is 17.3. The summed E-state index contributed by atoms with van der Waals surface area (Å²) in [6.07, 6.45) is 3.81. The molecule has 0 aromatic rings. The molecular weight excluding hydrogens is 443 g/mol. The van der Waals surface area contributed by atoms with Crippen LogP contribution in [-0.4, -0.2) is 58.5 Å². The van der Waals surface area contributed by atoms with Crippen LogP contribution < -0.4 is 0 Å². The smallest absolute Gasteiger partial charge is 0.303 e. The first kappa shape index (κ1) is 23.8. The number of aliphatic hydroxyl groups excluding tert-OH is 1. The fourth-order valence-corrected chi connectivity index (χ4v) is 8.08. The zero-order chi connectivity index (χ0) is 24.9. The molecule has 1 heterocycles. The van der Waals surface area contributed by atoms with Gasteiger partial charge in [0.05, 0.1) is 12.2 Å². The number of Topliss-reactive ketones (excluding diaryl/α,β-unsaturated/α-hetero) is 1. The zero-order valence-corrected chi connectivity index (χ0v) is 20.4. The van der Waals surface area contributed by atoms with Crippen LogP contribution in [0.2, 0.25) is 0 Å². The molecule has 0 bridgehead atoms. The summed E-state index contributed by atoms with van der Waals surface area (Å²) in [4.78, 5) is 37.1. The van der Waals surface area contributed by atoms with Gasteiger partial charge in [0.2, 0.25) is 5.78 Å². The minimum atomic E-state index is -2.01. The molecule has 0 spiro atoms. The monoisotopic (exact) mass is 476 g/mol. The van der Waals surface area contributed by atoms with Crippen LogP contribution in [-0.2, 0) is 28.6 Å². The topological polar surface area (TPSA) is 99.1 Å². The molecule has 0 aromatic heterocycles. The maximum atomic E-state index is 17.3. The number of fused-ring (bicyclic) bond motifs is 7. The van der Waals surface area contributed by atoms with Crippen molar-refractivity contribution >= 4 is 17.5 Å². The summed E-state index contributed by atoms with van der Waals surface area (Å²) in [5, 5.41) is 11.5. The fourth-order valence-electron chi connectivity index (χ4n) is 8.08.